The Bertz CT molecular complexity index is 607. The van der Waals surface area contributed by atoms with E-state index >= 15 is 0 Å². The van der Waals surface area contributed by atoms with Crippen molar-refractivity contribution in [2.75, 3.05) is 13.1 Å². The third kappa shape index (κ3) is 3.18. The Morgan fingerprint density at radius 3 is 2.59 bits per heavy atom. The van der Waals surface area contributed by atoms with Crippen LogP contribution in [0.1, 0.15) is 20.3 Å². The fourth-order valence-corrected chi connectivity index (χ4v) is 2.39. The number of carboxylic acids is 1. The normalized spacial score (nSPS) is 22.5. The lowest BCUT2D eigenvalue weighted by Crippen LogP contribution is -2.41. The Morgan fingerprint density at radius 2 is 2.05 bits per heavy atom. The second-order valence-corrected chi connectivity index (χ2v) is 5.71. The molecule has 1 aliphatic heterocycles. The fourth-order valence-electron chi connectivity index (χ4n) is 2.39. The number of benzene rings is 1. The van der Waals surface area contributed by atoms with Crippen LogP contribution in [-0.4, -0.2) is 41.1 Å². The summed E-state index contributed by atoms with van der Waals surface area (Å²) in [6, 6.07) is 3.01. The SMILES string of the molecule is CC(Oc1ccc(F)c(F)c1)C(=O)N1CCC(C)(C(=O)O)C1. The van der Waals surface area contributed by atoms with Gasteiger partial charge >= 0.3 is 5.97 Å². The molecule has 0 aliphatic carbocycles. The smallest absolute Gasteiger partial charge is 0.311 e. The molecular weight excluding hydrogens is 296 g/mol. The van der Waals surface area contributed by atoms with Crippen molar-refractivity contribution in [2.45, 2.75) is 26.4 Å². The van der Waals surface area contributed by atoms with Gasteiger partial charge in [-0.15, -0.1) is 0 Å². The Hall–Kier alpha value is -2.18. The average Bonchev–Trinajstić information content (AvgIpc) is 2.86. The minimum absolute atomic E-state index is 0.0416. The number of ether oxygens (including phenoxy) is 1. The summed E-state index contributed by atoms with van der Waals surface area (Å²) in [4.78, 5) is 24.8. The van der Waals surface area contributed by atoms with Gasteiger partial charge < -0.3 is 14.7 Å². The summed E-state index contributed by atoms with van der Waals surface area (Å²) < 4.78 is 31.3. The zero-order valence-corrected chi connectivity index (χ0v) is 12.3. The van der Waals surface area contributed by atoms with Crippen LogP contribution < -0.4 is 4.74 Å². The predicted octanol–water partition coefficient (Wildman–Crippen LogP) is 2.06. The van der Waals surface area contributed by atoms with Gasteiger partial charge in [-0.2, -0.15) is 0 Å². The molecule has 1 aromatic carbocycles. The molecule has 120 valence electrons. The third-order valence-corrected chi connectivity index (χ3v) is 3.85. The number of nitrogens with zero attached hydrogens (tertiary/aromatic N) is 1. The highest BCUT2D eigenvalue weighted by atomic mass is 19.2. The van der Waals surface area contributed by atoms with Crippen molar-refractivity contribution in [2.24, 2.45) is 5.41 Å². The van der Waals surface area contributed by atoms with E-state index in [9.17, 15) is 18.4 Å². The number of carboxylic acid groups (broad SMARTS) is 1. The maximum Gasteiger partial charge on any atom is 0.311 e. The molecule has 1 fully saturated rings. The molecule has 1 heterocycles. The molecule has 0 bridgehead atoms. The molecule has 2 atom stereocenters. The summed E-state index contributed by atoms with van der Waals surface area (Å²) in [5, 5.41) is 9.16. The van der Waals surface area contributed by atoms with Crippen LogP contribution in [0.3, 0.4) is 0 Å². The number of likely N-dealkylation sites (tertiary alicyclic amines) is 1. The summed E-state index contributed by atoms with van der Waals surface area (Å²) in [5.74, 6) is -3.34. The van der Waals surface area contributed by atoms with Crippen molar-refractivity contribution in [3.05, 3.63) is 29.8 Å². The number of hydrogen-bond donors (Lipinski definition) is 1. The van der Waals surface area contributed by atoms with E-state index in [1.165, 1.54) is 17.9 Å². The van der Waals surface area contributed by atoms with Crippen molar-refractivity contribution in [3.63, 3.8) is 0 Å². The van der Waals surface area contributed by atoms with Gasteiger partial charge in [0, 0.05) is 19.2 Å². The van der Waals surface area contributed by atoms with Crippen molar-refractivity contribution in [3.8, 4) is 5.75 Å². The summed E-state index contributed by atoms with van der Waals surface area (Å²) in [6.45, 7) is 3.50. The lowest BCUT2D eigenvalue weighted by molar-refractivity contribution is -0.147. The van der Waals surface area contributed by atoms with E-state index in [4.69, 9.17) is 9.84 Å². The van der Waals surface area contributed by atoms with Gasteiger partial charge in [0.05, 0.1) is 5.41 Å². The fraction of sp³-hybridized carbons (Fsp3) is 0.467. The van der Waals surface area contributed by atoms with Gasteiger partial charge in [0.15, 0.2) is 17.7 Å². The first kappa shape index (κ1) is 16.2. The van der Waals surface area contributed by atoms with Gasteiger partial charge in [-0.1, -0.05) is 0 Å². The predicted molar refractivity (Wildman–Crippen MR) is 73.4 cm³/mol. The van der Waals surface area contributed by atoms with Crippen molar-refractivity contribution >= 4 is 11.9 Å². The van der Waals surface area contributed by atoms with Gasteiger partial charge in [0.2, 0.25) is 0 Å². The lowest BCUT2D eigenvalue weighted by Gasteiger charge is -2.23. The quantitative estimate of drug-likeness (QED) is 0.924. The van der Waals surface area contributed by atoms with E-state index in [1.54, 1.807) is 6.92 Å². The molecule has 5 nitrogen and oxygen atoms in total. The van der Waals surface area contributed by atoms with Crippen LogP contribution in [0, 0.1) is 17.0 Å². The van der Waals surface area contributed by atoms with E-state index < -0.39 is 29.1 Å². The molecule has 22 heavy (non-hydrogen) atoms. The third-order valence-electron chi connectivity index (χ3n) is 3.85. The van der Waals surface area contributed by atoms with Crippen LogP contribution in [0.5, 0.6) is 5.75 Å². The molecule has 7 heteroatoms. The summed E-state index contributed by atoms with van der Waals surface area (Å²) >= 11 is 0. The van der Waals surface area contributed by atoms with E-state index in [0.717, 1.165) is 12.1 Å². The second-order valence-electron chi connectivity index (χ2n) is 5.71. The molecule has 0 spiro atoms. The first-order valence-electron chi connectivity index (χ1n) is 6.87. The van der Waals surface area contributed by atoms with Crippen LogP contribution >= 0.6 is 0 Å². The molecule has 2 rings (SSSR count). The number of hydrogen-bond acceptors (Lipinski definition) is 3. The van der Waals surface area contributed by atoms with E-state index in [2.05, 4.69) is 0 Å². The van der Waals surface area contributed by atoms with Crippen LogP contribution in [0.25, 0.3) is 0 Å². The van der Waals surface area contributed by atoms with Crippen molar-refractivity contribution in [1.29, 1.82) is 0 Å². The first-order chi connectivity index (χ1) is 10.2. The van der Waals surface area contributed by atoms with Gasteiger partial charge in [0.25, 0.3) is 5.91 Å². The molecule has 0 aromatic heterocycles. The molecule has 0 saturated carbocycles. The number of rotatable bonds is 4. The monoisotopic (exact) mass is 313 g/mol. The minimum atomic E-state index is -1.06. The molecule has 1 aliphatic rings. The van der Waals surface area contributed by atoms with Crippen LogP contribution in [0.2, 0.25) is 0 Å². The zero-order chi connectivity index (χ0) is 16.5. The molecule has 1 saturated heterocycles. The summed E-state index contributed by atoms with van der Waals surface area (Å²) in [5.41, 5.74) is -0.961. The van der Waals surface area contributed by atoms with Crippen molar-refractivity contribution < 1.29 is 28.2 Å². The number of amides is 1. The largest absolute Gasteiger partial charge is 0.481 e. The Morgan fingerprint density at radius 1 is 1.36 bits per heavy atom. The van der Waals surface area contributed by atoms with E-state index in [-0.39, 0.29) is 18.2 Å². The van der Waals surface area contributed by atoms with E-state index in [1.807, 2.05) is 0 Å². The van der Waals surface area contributed by atoms with Gasteiger partial charge in [0.1, 0.15) is 5.75 Å². The Balaban J connectivity index is 2.01. The number of carbonyl (C=O) groups is 2. The average molecular weight is 313 g/mol. The van der Waals surface area contributed by atoms with Crippen molar-refractivity contribution in [1.82, 2.24) is 4.90 Å². The lowest BCUT2D eigenvalue weighted by atomic mass is 9.90. The molecule has 0 radical (unpaired) electrons. The standard InChI is InChI=1S/C15H17F2NO4/c1-9(22-10-3-4-11(16)12(17)7-10)13(19)18-6-5-15(2,8-18)14(20)21/h3-4,7,9H,5-6,8H2,1-2H3,(H,20,21). The molecule has 1 aromatic rings. The zero-order valence-electron chi connectivity index (χ0n) is 12.3. The van der Waals surface area contributed by atoms with Crippen LogP contribution in [-0.2, 0) is 9.59 Å². The minimum Gasteiger partial charge on any atom is -0.481 e. The topological polar surface area (TPSA) is 66.8 Å². The Labute approximate surface area is 126 Å². The highest BCUT2D eigenvalue weighted by Crippen LogP contribution is 2.30. The molecule has 1 amide bonds. The Kier molecular flexibility index (Phi) is 4.35. The van der Waals surface area contributed by atoms with Gasteiger partial charge in [-0.3, -0.25) is 9.59 Å². The highest BCUT2D eigenvalue weighted by Gasteiger charge is 2.43. The van der Waals surface area contributed by atoms with E-state index in [0.29, 0.717) is 13.0 Å². The maximum atomic E-state index is 13.1. The van der Waals surface area contributed by atoms with Gasteiger partial charge in [-0.05, 0) is 32.4 Å². The van der Waals surface area contributed by atoms with Crippen LogP contribution in [0.4, 0.5) is 8.78 Å². The second kappa shape index (κ2) is 5.90. The maximum absolute atomic E-state index is 13.1. The molecular formula is C15H17F2NO4. The summed E-state index contributed by atoms with van der Waals surface area (Å²) in [7, 11) is 0. The van der Waals surface area contributed by atoms with Crippen LogP contribution in [0.15, 0.2) is 18.2 Å². The number of aliphatic carboxylic acids is 1. The number of carbonyl (C=O) groups excluding carboxylic acids is 1. The molecule has 2 unspecified atom stereocenters. The summed E-state index contributed by atoms with van der Waals surface area (Å²) in [6.07, 6.45) is -0.549. The van der Waals surface area contributed by atoms with Gasteiger partial charge in [-0.25, -0.2) is 8.78 Å². The number of halogens is 2. The highest BCUT2D eigenvalue weighted by molar-refractivity contribution is 5.83. The molecule has 1 N–H and O–H groups in total. The first-order valence-corrected chi connectivity index (χ1v) is 6.87.